The van der Waals surface area contributed by atoms with Gasteiger partial charge in [0.15, 0.2) is 0 Å². The van der Waals surface area contributed by atoms with E-state index in [1.807, 2.05) is 18.2 Å². The second-order valence-corrected chi connectivity index (χ2v) is 4.15. The van der Waals surface area contributed by atoms with E-state index in [9.17, 15) is 4.79 Å². The SMILES string of the molecule is NC(=O)[C@@H](Oc1ccccc1Cl)c1ccccc1. The van der Waals surface area contributed by atoms with Crippen molar-refractivity contribution in [2.24, 2.45) is 5.73 Å². The average Bonchev–Trinajstić information content (AvgIpc) is 2.38. The van der Waals surface area contributed by atoms with Gasteiger partial charge >= 0.3 is 0 Å². The second-order valence-electron chi connectivity index (χ2n) is 3.74. The molecule has 1 amide bonds. The molecule has 92 valence electrons. The fraction of sp³-hybridized carbons (Fsp3) is 0.0714. The molecule has 0 aliphatic carbocycles. The van der Waals surface area contributed by atoms with Crippen molar-refractivity contribution in [1.29, 1.82) is 0 Å². The molecular formula is C14H12ClNO2. The molecule has 0 unspecified atom stereocenters. The highest BCUT2D eigenvalue weighted by Gasteiger charge is 2.20. The molecule has 0 fully saturated rings. The van der Waals surface area contributed by atoms with Gasteiger partial charge in [-0.25, -0.2) is 0 Å². The van der Waals surface area contributed by atoms with E-state index in [1.165, 1.54) is 0 Å². The molecule has 2 aromatic carbocycles. The van der Waals surface area contributed by atoms with E-state index < -0.39 is 12.0 Å². The van der Waals surface area contributed by atoms with Crippen LogP contribution >= 0.6 is 11.6 Å². The molecule has 0 aromatic heterocycles. The van der Waals surface area contributed by atoms with Gasteiger partial charge in [0.2, 0.25) is 6.10 Å². The van der Waals surface area contributed by atoms with Gasteiger partial charge in [0.25, 0.3) is 5.91 Å². The number of rotatable bonds is 4. The van der Waals surface area contributed by atoms with Crippen molar-refractivity contribution in [3.63, 3.8) is 0 Å². The van der Waals surface area contributed by atoms with Crippen molar-refractivity contribution in [2.45, 2.75) is 6.10 Å². The summed E-state index contributed by atoms with van der Waals surface area (Å²) >= 11 is 5.98. The monoisotopic (exact) mass is 261 g/mol. The van der Waals surface area contributed by atoms with Crippen LogP contribution in [0.5, 0.6) is 5.75 Å². The summed E-state index contributed by atoms with van der Waals surface area (Å²) in [5.41, 5.74) is 6.06. The lowest BCUT2D eigenvalue weighted by molar-refractivity contribution is -0.124. The molecule has 0 aliphatic rings. The van der Waals surface area contributed by atoms with Gasteiger partial charge in [0, 0.05) is 5.56 Å². The summed E-state index contributed by atoms with van der Waals surface area (Å²) in [6.45, 7) is 0. The number of carbonyl (C=O) groups is 1. The molecule has 0 bridgehead atoms. The topological polar surface area (TPSA) is 52.3 Å². The molecule has 2 rings (SSSR count). The third-order valence-corrected chi connectivity index (χ3v) is 2.75. The zero-order valence-corrected chi connectivity index (χ0v) is 10.3. The zero-order valence-electron chi connectivity index (χ0n) is 9.55. The molecule has 2 aromatic rings. The summed E-state index contributed by atoms with van der Waals surface area (Å²) < 4.78 is 5.59. The summed E-state index contributed by atoms with van der Waals surface area (Å²) in [5, 5.41) is 0.444. The van der Waals surface area contributed by atoms with Crippen LogP contribution in [0, 0.1) is 0 Å². The normalized spacial score (nSPS) is 11.8. The summed E-state index contributed by atoms with van der Waals surface area (Å²) in [6, 6.07) is 16.0. The third-order valence-electron chi connectivity index (χ3n) is 2.44. The predicted molar refractivity (Wildman–Crippen MR) is 70.5 cm³/mol. The number of primary amides is 1. The molecule has 0 saturated heterocycles. The number of nitrogens with two attached hydrogens (primary N) is 1. The van der Waals surface area contributed by atoms with Gasteiger partial charge in [-0.2, -0.15) is 0 Å². The first-order valence-corrected chi connectivity index (χ1v) is 5.81. The van der Waals surface area contributed by atoms with Crippen LogP contribution in [0.4, 0.5) is 0 Å². The van der Waals surface area contributed by atoms with Crippen LogP contribution in [0.25, 0.3) is 0 Å². The fourth-order valence-corrected chi connectivity index (χ4v) is 1.77. The van der Waals surface area contributed by atoms with Crippen LogP contribution in [-0.4, -0.2) is 5.91 Å². The quantitative estimate of drug-likeness (QED) is 0.920. The van der Waals surface area contributed by atoms with Gasteiger partial charge in [0.1, 0.15) is 5.75 Å². The lowest BCUT2D eigenvalue weighted by Gasteiger charge is -2.17. The highest BCUT2D eigenvalue weighted by Crippen LogP contribution is 2.28. The van der Waals surface area contributed by atoms with Gasteiger partial charge in [0.05, 0.1) is 5.02 Å². The highest BCUT2D eigenvalue weighted by atomic mass is 35.5. The first kappa shape index (κ1) is 12.5. The molecule has 3 nitrogen and oxygen atoms in total. The lowest BCUT2D eigenvalue weighted by Crippen LogP contribution is -2.26. The Morgan fingerprint density at radius 3 is 2.28 bits per heavy atom. The minimum Gasteiger partial charge on any atom is -0.474 e. The Bertz CT molecular complexity index is 543. The van der Waals surface area contributed by atoms with E-state index in [0.717, 1.165) is 0 Å². The average molecular weight is 262 g/mol. The molecule has 0 aliphatic heterocycles. The standard InChI is InChI=1S/C14H12ClNO2/c15-11-8-4-5-9-12(11)18-13(14(16)17)10-6-2-1-3-7-10/h1-9,13H,(H2,16,17)/t13-/m0/s1. The van der Waals surface area contributed by atoms with Crippen LogP contribution in [-0.2, 0) is 4.79 Å². The van der Waals surface area contributed by atoms with Crippen molar-refractivity contribution in [1.82, 2.24) is 0 Å². The Morgan fingerprint density at radius 1 is 1.06 bits per heavy atom. The number of amides is 1. The minimum atomic E-state index is -0.842. The molecule has 0 heterocycles. The first-order valence-electron chi connectivity index (χ1n) is 5.44. The Hall–Kier alpha value is -2.00. The van der Waals surface area contributed by atoms with Crippen LogP contribution in [0.1, 0.15) is 11.7 Å². The Balaban J connectivity index is 2.28. The maximum Gasteiger partial charge on any atom is 0.263 e. The predicted octanol–water partition coefficient (Wildman–Crippen LogP) is 2.95. The Labute approximate surface area is 110 Å². The smallest absolute Gasteiger partial charge is 0.263 e. The maximum absolute atomic E-state index is 11.5. The van der Waals surface area contributed by atoms with Crippen LogP contribution < -0.4 is 10.5 Å². The number of ether oxygens (including phenoxy) is 1. The molecule has 18 heavy (non-hydrogen) atoms. The molecule has 4 heteroatoms. The van der Waals surface area contributed by atoms with E-state index in [-0.39, 0.29) is 0 Å². The van der Waals surface area contributed by atoms with Crippen molar-refractivity contribution in [3.05, 3.63) is 65.2 Å². The largest absolute Gasteiger partial charge is 0.474 e. The number of halogens is 1. The van der Waals surface area contributed by atoms with E-state index in [2.05, 4.69) is 0 Å². The van der Waals surface area contributed by atoms with Crippen LogP contribution in [0.15, 0.2) is 54.6 Å². The Morgan fingerprint density at radius 2 is 1.67 bits per heavy atom. The second kappa shape index (κ2) is 5.56. The fourth-order valence-electron chi connectivity index (χ4n) is 1.59. The number of benzene rings is 2. The summed E-state index contributed by atoms with van der Waals surface area (Å²) in [6.07, 6.45) is -0.842. The summed E-state index contributed by atoms with van der Waals surface area (Å²) in [5.74, 6) is -0.118. The van der Waals surface area contributed by atoms with E-state index in [4.69, 9.17) is 22.1 Å². The number of hydrogen-bond acceptors (Lipinski definition) is 2. The molecular weight excluding hydrogens is 250 g/mol. The van der Waals surface area contributed by atoms with Crippen LogP contribution in [0.2, 0.25) is 5.02 Å². The van der Waals surface area contributed by atoms with Crippen molar-refractivity contribution < 1.29 is 9.53 Å². The zero-order chi connectivity index (χ0) is 13.0. The van der Waals surface area contributed by atoms with Crippen LogP contribution in [0.3, 0.4) is 0 Å². The van der Waals surface area contributed by atoms with Crippen molar-refractivity contribution >= 4 is 17.5 Å². The molecule has 0 saturated carbocycles. The van der Waals surface area contributed by atoms with Crippen molar-refractivity contribution in [3.8, 4) is 5.75 Å². The third kappa shape index (κ3) is 2.81. The first-order chi connectivity index (χ1) is 8.68. The lowest BCUT2D eigenvalue weighted by atomic mass is 10.1. The molecule has 2 N–H and O–H groups in total. The summed E-state index contributed by atoms with van der Waals surface area (Å²) in [4.78, 5) is 11.5. The maximum atomic E-state index is 11.5. The molecule has 0 radical (unpaired) electrons. The van der Waals surface area contributed by atoms with Gasteiger partial charge in [-0.05, 0) is 12.1 Å². The van der Waals surface area contributed by atoms with E-state index in [0.29, 0.717) is 16.3 Å². The van der Waals surface area contributed by atoms with E-state index in [1.54, 1.807) is 36.4 Å². The Kier molecular flexibility index (Phi) is 3.85. The van der Waals surface area contributed by atoms with Gasteiger partial charge in [-0.3, -0.25) is 4.79 Å². The highest BCUT2D eigenvalue weighted by molar-refractivity contribution is 6.32. The van der Waals surface area contributed by atoms with Gasteiger partial charge in [-0.1, -0.05) is 54.1 Å². The molecule has 1 atom stereocenters. The van der Waals surface area contributed by atoms with Gasteiger partial charge < -0.3 is 10.5 Å². The number of para-hydroxylation sites is 1. The summed E-state index contributed by atoms with van der Waals surface area (Å²) in [7, 11) is 0. The van der Waals surface area contributed by atoms with E-state index >= 15 is 0 Å². The minimum absolute atomic E-state index is 0.437. The van der Waals surface area contributed by atoms with Crippen molar-refractivity contribution in [2.75, 3.05) is 0 Å². The molecule has 0 spiro atoms. The number of carbonyl (C=O) groups excluding carboxylic acids is 1. The number of hydrogen-bond donors (Lipinski definition) is 1. The van der Waals surface area contributed by atoms with Gasteiger partial charge in [-0.15, -0.1) is 0 Å².